The van der Waals surface area contributed by atoms with Crippen molar-refractivity contribution >= 4 is 36.0 Å². The zero-order chi connectivity index (χ0) is 18.9. The van der Waals surface area contributed by atoms with Crippen molar-refractivity contribution in [1.29, 1.82) is 0 Å². The summed E-state index contributed by atoms with van der Waals surface area (Å²) in [5.41, 5.74) is -0.467. The molecular formula is C18H36FIN4O2. The van der Waals surface area contributed by atoms with Gasteiger partial charge in [-0.25, -0.2) is 4.79 Å². The number of carbonyl (C=O) groups excluding carboxylic acids is 1. The van der Waals surface area contributed by atoms with Crippen LogP contribution in [0.2, 0.25) is 0 Å². The Morgan fingerprint density at radius 3 is 2.42 bits per heavy atom. The zero-order valence-electron chi connectivity index (χ0n) is 16.9. The van der Waals surface area contributed by atoms with Crippen molar-refractivity contribution in [2.45, 2.75) is 52.6 Å². The number of guanidine groups is 1. The summed E-state index contributed by atoms with van der Waals surface area (Å²) < 4.78 is 17.7. The fourth-order valence-corrected chi connectivity index (χ4v) is 2.90. The van der Waals surface area contributed by atoms with Gasteiger partial charge >= 0.3 is 6.09 Å². The Kier molecular flexibility index (Phi) is 12.2. The van der Waals surface area contributed by atoms with Crippen LogP contribution in [-0.4, -0.2) is 73.9 Å². The summed E-state index contributed by atoms with van der Waals surface area (Å²) >= 11 is 0. The van der Waals surface area contributed by atoms with Crippen LogP contribution in [-0.2, 0) is 4.74 Å². The van der Waals surface area contributed by atoms with E-state index >= 15 is 0 Å². The number of hydrogen-bond acceptors (Lipinski definition) is 3. The molecule has 0 bridgehead atoms. The maximum atomic E-state index is 12.3. The van der Waals surface area contributed by atoms with Crippen LogP contribution in [0.4, 0.5) is 9.18 Å². The first-order chi connectivity index (χ1) is 11.8. The number of carbonyl (C=O) groups is 1. The molecule has 0 unspecified atom stereocenters. The molecule has 1 N–H and O–H groups in total. The molecule has 26 heavy (non-hydrogen) atoms. The molecule has 1 aliphatic rings. The largest absolute Gasteiger partial charge is 0.444 e. The number of nitrogens with zero attached hydrogens (tertiary/aromatic N) is 3. The van der Waals surface area contributed by atoms with Crippen LogP contribution in [0, 0.1) is 5.92 Å². The van der Waals surface area contributed by atoms with Crippen molar-refractivity contribution in [2.75, 3.05) is 46.4 Å². The van der Waals surface area contributed by atoms with Gasteiger partial charge in [-0.2, -0.15) is 0 Å². The molecule has 0 radical (unpaired) electrons. The van der Waals surface area contributed by atoms with E-state index in [4.69, 9.17) is 4.74 Å². The number of nitrogens with one attached hydrogen (secondary N) is 1. The highest BCUT2D eigenvalue weighted by Crippen LogP contribution is 2.20. The van der Waals surface area contributed by atoms with Crippen LogP contribution in [0.5, 0.6) is 0 Å². The molecule has 1 rings (SSSR count). The molecule has 0 aromatic heterocycles. The fraction of sp³-hybridized carbons (Fsp3) is 0.889. The Labute approximate surface area is 174 Å². The lowest BCUT2D eigenvalue weighted by Crippen LogP contribution is -2.48. The predicted molar refractivity (Wildman–Crippen MR) is 115 cm³/mol. The molecule has 6 nitrogen and oxygen atoms in total. The normalized spacial score (nSPS) is 16.1. The number of alkyl halides is 1. The van der Waals surface area contributed by atoms with E-state index in [-0.39, 0.29) is 36.7 Å². The van der Waals surface area contributed by atoms with Crippen molar-refractivity contribution in [3.8, 4) is 0 Å². The summed E-state index contributed by atoms with van der Waals surface area (Å²) in [5, 5.41) is 3.20. The number of halogens is 2. The maximum Gasteiger partial charge on any atom is 0.410 e. The third-order valence-electron chi connectivity index (χ3n) is 4.23. The monoisotopic (exact) mass is 486 g/mol. The molecule has 0 saturated carbocycles. The van der Waals surface area contributed by atoms with E-state index in [0.717, 1.165) is 38.4 Å². The van der Waals surface area contributed by atoms with Gasteiger partial charge in [-0.1, -0.05) is 0 Å². The molecule has 1 heterocycles. The molecule has 0 aromatic carbocycles. The van der Waals surface area contributed by atoms with Gasteiger partial charge in [-0.05, 0) is 52.9 Å². The number of aliphatic imine (C=N–C) groups is 1. The Morgan fingerprint density at radius 1 is 1.35 bits per heavy atom. The first kappa shape index (κ1) is 25.2. The summed E-state index contributed by atoms with van der Waals surface area (Å²) in [5.74, 6) is 1.30. The Balaban J connectivity index is 0.00000625. The highest BCUT2D eigenvalue weighted by atomic mass is 127. The molecule has 1 aliphatic heterocycles. The topological polar surface area (TPSA) is 57.2 Å². The second-order valence-electron chi connectivity index (χ2n) is 7.47. The van der Waals surface area contributed by atoms with Crippen LogP contribution in [0.15, 0.2) is 4.99 Å². The number of hydrogen-bond donors (Lipinski definition) is 1. The average Bonchev–Trinajstić information content (AvgIpc) is 2.56. The van der Waals surface area contributed by atoms with Crippen molar-refractivity contribution in [3.63, 3.8) is 0 Å². The zero-order valence-corrected chi connectivity index (χ0v) is 19.2. The molecule has 154 valence electrons. The number of rotatable bonds is 6. The second kappa shape index (κ2) is 12.6. The summed E-state index contributed by atoms with van der Waals surface area (Å²) in [6.07, 6.45) is 2.27. The van der Waals surface area contributed by atoms with E-state index in [0.29, 0.717) is 25.4 Å². The molecule has 0 aromatic rings. The first-order valence-electron chi connectivity index (χ1n) is 9.30. The predicted octanol–water partition coefficient (Wildman–Crippen LogP) is 3.51. The molecule has 1 fully saturated rings. The molecule has 8 heteroatoms. The fourth-order valence-electron chi connectivity index (χ4n) is 2.90. The number of ether oxygens (including phenoxy) is 1. The summed E-state index contributed by atoms with van der Waals surface area (Å²) in [7, 11) is 1.76. The maximum absolute atomic E-state index is 12.3. The lowest BCUT2D eigenvalue weighted by Gasteiger charge is -2.36. The van der Waals surface area contributed by atoms with E-state index in [9.17, 15) is 9.18 Å². The van der Waals surface area contributed by atoms with Crippen LogP contribution in [0.3, 0.4) is 0 Å². The second-order valence-corrected chi connectivity index (χ2v) is 7.47. The van der Waals surface area contributed by atoms with Gasteiger partial charge < -0.3 is 19.9 Å². The average molecular weight is 486 g/mol. The number of amides is 1. The summed E-state index contributed by atoms with van der Waals surface area (Å²) in [6.45, 7) is 11.1. The van der Waals surface area contributed by atoms with Crippen molar-refractivity contribution in [3.05, 3.63) is 0 Å². The van der Waals surface area contributed by atoms with E-state index < -0.39 is 5.60 Å². The van der Waals surface area contributed by atoms with Gasteiger partial charge in [-0.3, -0.25) is 9.38 Å². The van der Waals surface area contributed by atoms with Crippen molar-refractivity contribution in [1.82, 2.24) is 15.1 Å². The molecule has 0 aliphatic carbocycles. The first-order valence-corrected chi connectivity index (χ1v) is 9.30. The Bertz CT molecular complexity index is 435. The smallest absolute Gasteiger partial charge is 0.410 e. The Morgan fingerprint density at radius 2 is 1.96 bits per heavy atom. The highest BCUT2D eigenvalue weighted by Gasteiger charge is 2.26. The van der Waals surface area contributed by atoms with Crippen molar-refractivity contribution in [2.24, 2.45) is 10.9 Å². The standard InChI is InChI=1S/C18H35FN4O2.HI/c1-6-22(17(24)25-18(2,3)4)14-15-8-12-23(13-9-15)16(20-5)21-11-7-10-19;/h15H,6-14H2,1-5H3,(H,20,21);1H. The lowest BCUT2D eigenvalue weighted by molar-refractivity contribution is 0.0214. The third kappa shape index (κ3) is 9.23. The summed E-state index contributed by atoms with van der Waals surface area (Å²) in [4.78, 5) is 20.5. The van der Waals surface area contributed by atoms with Crippen LogP contribution >= 0.6 is 24.0 Å². The minimum absolute atomic E-state index is 0. The SMILES string of the molecule is CCN(CC1CCN(C(=NC)NCCCF)CC1)C(=O)OC(C)(C)C.I. The highest BCUT2D eigenvalue weighted by molar-refractivity contribution is 14.0. The minimum Gasteiger partial charge on any atom is -0.444 e. The van der Waals surface area contributed by atoms with E-state index in [1.54, 1.807) is 11.9 Å². The van der Waals surface area contributed by atoms with Gasteiger partial charge in [0.05, 0.1) is 6.67 Å². The third-order valence-corrected chi connectivity index (χ3v) is 4.23. The summed E-state index contributed by atoms with van der Waals surface area (Å²) in [6, 6.07) is 0. The van der Waals surface area contributed by atoms with Gasteiger partial charge in [-0.15, -0.1) is 24.0 Å². The number of likely N-dealkylation sites (tertiary alicyclic amines) is 1. The quantitative estimate of drug-likeness (QED) is 0.270. The molecular weight excluding hydrogens is 450 g/mol. The van der Waals surface area contributed by atoms with Crippen LogP contribution < -0.4 is 5.32 Å². The van der Waals surface area contributed by atoms with Gasteiger partial charge in [0, 0.05) is 39.8 Å². The van der Waals surface area contributed by atoms with Crippen LogP contribution in [0.25, 0.3) is 0 Å². The van der Waals surface area contributed by atoms with Gasteiger partial charge in [0.25, 0.3) is 0 Å². The molecule has 1 amide bonds. The van der Waals surface area contributed by atoms with Crippen molar-refractivity contribution < 1.29 is 13.9 Å². The molecule has 0 atom stereocenters. The minimum atomic E-state index is -0.467. The van der Waals surface area contributed by atoms with Gasteiger partial charge in [0.15, 0.2) is 5.96 Å². The lowest BCUT2D eigenvalue weighted by atomic mass is 9.96. The van der Waals surface area contributed by atoms with Crippen LogP contribution in [0.1, 0.15) is 47.0 Å². The van der Waals surface area contributed by atoms with E-state index in [1.807, 2.05) is 27.7 Å². The Hall–Kier alpha value is -0.800. The van der Waals surface area contributed by atoms with Gasteiger partial charge in [0.1, 0.15) is 5.60 Å². The van der Waals surface area contributed by atoms with Gasteiger partial charge in [0.2, 0.25) is 0 Å². The van der Waals surface area contributed by atoms with E-state index in [2.05, 4.69) is 15.2 Å². The molecule has 0 spiro atoms. The number of piperidine rings is 1. The van der Waals surface area contributed by atoms with E-state index in [1.165, 1.54) is 0 Å². The molecule has 1 saturated heterocycles.